The van der Waals surface area contributed by atoms with Gasteiger partial charge in [-0.2, -0.15) is 0 Å². The summed E-state index contributed by atoms with van der Waals surface area (Å²) in [5.41, 5.74) is 6.66. The maximum atomic E-state index is 13.1. The summed E-state index contributed by atoms with van der Waals surface area (Å²) in [6.45, 7) is 1.69. The van der Waals surface area contributed by atoms with Gasteiger partial charge in [-0.15, -0.1) is 12.4 Å². The van der Waals surface area contributed by atoms with E-state index in [2.05, 4.69) is 0 Å². The lowest BCUT2D eigenvalue weighted by Gasteiger charge is -2.18. The van der Waals surface area contributed by atoms with Gasteiger partial charge < -0.3 is 15.5 Å². The molecule has 2 aromatic carbocycles. The summed E-state index contributed by atoms with van der Waals surface area (Å²) in [4.78, 5) is 40.4. The van der Waals surface area contributed by atoms with Crippen molar-refractivity contribution in [2.45, 2.75) is 6.42 Å². The van der Waals surface area contributed by atoms with E-state index in [4.69, 9.17) is 5.73 Å². The number of carbonyl (C=O) groups excluding carboxylic acids is 2. The van der Waals surface area contributed by atoms with E-state index >= 15 is 0 Å². The first kappa shape index (κ1) is 23.3. The van der Waals surface area contributed by atoms with Crippen LogP contribution in [-0.4, -0.2) is 55.2 Å². The van der Waals surface area contributed by atoms with E-state index in [0.29, 0.717) is 30.9 Å². The maximum absolute atomic E-state index is 13.1. The van der Waals surface area contributed by atoms with E-state index in [1.165, 1.54) is 6.07 Å². The summed E-state index contributed by atoms with van der Waals surface area (Å²) >= 11 is 0. The topological polar surface area (TPSA) is 110 Å². The number of nitrogens with zero attached hydrogens (tertiary/aromatic N) is 3. The predicted molar refractivity (Wildman–Crippen MR) is 118 cm³/mol. The van der Waals surface area contributed by atoms with Crippen LogP contribution in [0.3, 0.4) is 0 Å². The Kier molecular flexibility index (Phi) is 7.53. The number of halogens is 1. The van der Waals surface area contributed by atoms with Crippen LogP contribution in [0.25, 0.3) is 0 Å². The molecule has 1 aliphatic heterocycles. The highest BCUT2D eigenvalue weighted by Crippen LogP contribution is 2.29. The summed E-state index contributed by atoms with van der Waals surface area (Å²) in [7, 11) is 3.39. The number of hydrogen-bond donors (Lipinski definition) is 1. The average Bonchev–Trinajstić information content (AvgIpc) is 3.21. The van der Waals surface area contributed by atoms with Crippen molar-refractivity contribution in [3.8, 4) is 0 Å². The minimum atomic E-state index is -0.514. The van der Waals surface area contributed by atoms with Gasteiger partial charge in [-0.25, -0.2) is 0 Å². The van der Waals surface area contributed by atoms with Crippen molar-refractivity contribution < 1.29 is 14.5 Å². The molecule has 1 saturated heterocycles. The van der Waals surface area contributed by atoms with E-state index < -0.39 is 10.7 Å². The first-order valence-electron chi connectivity index (χ1n) is 9.42. The summed E-state index contributed by atoms with van der Waals surface area (Å²) in [6, 6.07) is 10.9. The molecule has 30 heavy (non-hydrogen) atoms. The van der Waals surface area contributed by atoms with Gasteiger partial charge in [-0.3, -0.25) is 19.7 Å². The third kappa shape index (κ3) is 4.60. The highest BCUT2D eigenvalue weighted by Gasteiger charge is 2.29. The Morgan fingerprint density at radius 3 is 2.43 bits per heavy atom. The third-order valence-electron chi connectivity index (χ3n) is 5.22. The van der Waals surface area contributed by atoms with Crippen LogP contribution >= 0.6 is 12.4 Å². The summed E-state index contributed by atoms with van der Waals surface area (Å²) in [6.07, 6.45) is 0.844. The Labute approximate surface area is 181 Å². The fraction of sp³-hybridized carbons (Fsp3) is 0.333. The molecule has 160 valence electrons. The van der Waals surface area contributed by atoms with E-state index in [9.17, 15) is 19.7 Å². The van der Waals surface area contributed by atoms with Crippen LogP contribution in [0.15, 0.2) is 42.5 Å². The molecular weight excluding hydrogens is 408 g/mol. The normalized spacial score (nSPS) is 15.4. The van der Waals surface area contributed by atoms with Gasteiger partial charge in [0.1, 0.15) is 5.69 Å². The van der Waals surface area contributed by atoms with E-state index in [0.717, 1.165) is 6.42 Å². The van der Waals surface area contributed by atoms with Crippen LogP contribution in [0.1, 0.15) is 32.7 Å². The molecule has 0 aromatic heterocycles. The molecule has 3 rings (SSSR count). The molecule has 0 bridgehead atoms. The predicted octanol–water partition coefficient (Wildman–Crippen LogP) is 2.73. The number of nitro groups is 1. The monoisotopic (exact) mass is 432 g/mol. The quantitative estimate of drug-likeness (QED) is 0.427. The minimum Gasteiger partial charge on any atom is -0.372 e. The molecule has 1 atom stereocenters. The second kappa shape index (κ2) is 9.69. The first-order valence-corrected chi connectivity index (χ1v) is 9.42. The molecule has 1 amide bonds. The van der Waals surface area contributed by atoms with Gasteiger partial charge >= 0.3 is 0 Å². The Bertz CT molecular complexity index is 964. The molecule has 1 aliphatic rings. The molecule has 1 fully saturated rings. The standard InChI is InChI=1S/C21H24N4O4.ClH/c1-23(2)18-8-7-15(11-19(18)25(28)29)20(26)16-5-3-4-6-17(16)21(27)24-10-9-14(12-22)13-24;/h3-8,11,14H,9-10,12-13,22H2,1-2H3;1H. The first-order chi connectivity index (χ1) is 13.8. The fourth-order valence-corrected chi connectivity index (χ4v) is 3.59. The Morgan fingerprint density at radius 2 is 1.87 bits per heavy atom. The SMILES string of the molecule is CN(C)c1ccc(C(=O)c2ccccc2C(=O)N2CCC(CN)C2)cc1[N+](=O)[O-].Cl. The van der Waals surface area contributed by atoms with Crippen molar-refractivity contribution in [3.63, 3.8) is 0 Å². The summed E-state index contributed by atoms with van der Waals surface area (Å²) in [5, 5.41) is 11.4. The number of hydrogen-bond acceptors (Lipinski definition) is 6. The molecular formula is C21H25ClN4O4. The third-order valence-corrected chi connectivity index (χ3v) is 5.22. The molecule has 0 spiro atoms. The molecule has 2 aromatic rings. The van der Waals surface area contributed by atoms with Gasteiger partial charge in [-0.1, -0.05) is 18.2 Å². The lowest BCUT2D eigenvalue weighted by Crippen LogP contribution is -2.31. The summed E-state index contributed by atoms with van der Waals surface area (Å²) < 4.78 is 0. The van der Waals surface area contributed by atoms with Crippen molar-refractivity contribution in [2.75, 3.05) is 38.6 Å². The fourth-order valence-electron chi connectivity index (χ4n) is 3.59. The van der Waals surface area contributed by atoms with E-state index in [1.54, 1.807) is 60.3 Å². The molecule has 0 radical (unpaired) electrons. The molecule has 0 saturated carbocycles. The lowest BCUT2D eigenvalue weighted by molar-refractivity contribution is -0.384. The highest BCUT2D eigenvalue weighted by atomic mass is 35.5. The lowest BCUT2D eigenvalue weighted by atomic mass is 9.97. The van der Waals surface area contributed by atoms with Gasteiger partial charge in [0.05, 0.1) is 10.5 Å². The van der Waals surface area contributed by atoms with Crippen molar-refractivity contribution in [2.24, 2.45) is 11.7 Å². The van der Waals surface area contributed by atoms with Gasteiger partial charge in [0, 0.05) is 44.4 Å². The number of nitro benzene ring substituents is 1. The number of rotatable bonds is 6. The molecule has 2 N–H and O–H groups in total. The number of anilines is 1. The number of amides is 1. The second-order valence-electron chi connectivity index (χ2n) is 7.37. The van der Waals surface area contributed by atoms with Gasteiger partial charge in [0.15, 0.2) is 5.78 Å². The van der Waals surface area contributed by atoms with Crippen molar-refractivity contribution in [3.05, 3.63) is 69.3 Å². The Hall–Kier alpha value is -2.97. The van der Waals surface area contributed by atoms with Crippen LogP contribution in [0.4, 0.5) is 11.4 Å². The van der Waals surface area contributed by atoms with Crippen molar-refractivity contribution in [1.29, 1.82) is 0 Å². The van der Waals surface area contributed by atoms with Gasteiger partial charge in [0.2, 0.25) is 0 Å². The zero-order valence-corrected chi connectivity index (χ0v) is 17.7. The number of carbonyl (C=O) groups is 2. The van der Waals surface area contributed by atoms with Crippen molar-refractivity contribution in [1.82, 2.24) is 4.90 Å². The smallest absolute Gasteiger partial charge is 0.293 e. The largest absolute Gasteiger partial charge is 0.372 e. The van der Waals surface area contributed by atoms with E-state index in [-0.39, 0.29) is 41.0 Å². The minimum absolute atomic E-state index is 0. The highest BCUT2D eigenvalue weighted by molar-refractivity contribution is 6.15. The number of nitrogens with two attached hydrogens (primary N) is 1. The second-order valence-corrected chi connectivity index (χ2v) is 7.37. The number of ketones is 1. The van der Waals surface area contributed by atoms with Crippen LogP contribution in [0, 0.1) is 16.0 Å². The molecule has 9 heteroatoms. The molecule has 1 unspecified atom stereocenters. The molecule has 8 nitrogen and oxygen atoms in total. The summed E-state index contributed by atoms with van der Waals surface area (Å²) in [5.74, 6) is -0.371. The van der Waals surface area contributed by atoms with Crippen LogP contribution in [0.5, 0.6) is 0 Å². The van der Waals surface area contributed by atoms with Gasteiger partial charge in [-0.05, 0) is 37.1 Å². The zero-order chi connectivity index (χ0) is 21.1. The number of benzene rings is 2. The van der Waals surface area contributed by atoms with Gasteiger partial charge in [0.25, 0.3) is 11.6 Å². The van der Waals surface area contributed by atoms with Crippen LogP contribution in [-0.2, 0) is 0 Å². The zero-order valence-electron chi connectivity index (χ0n) is 16.9. The van der Waals surface area contributed by atoms with Crippen molar-refractivity contribution >= 4 is 35.5 Å². The van der Waals surface area contributed by atoms with Crippen LogP contribution < -0.4 is 10.6 Å². The Morgan fingerprint density at radius 1 is 1.20 bits per heavy atom. The van der Waals surface area contributed by atoms with Crippen LogP contribution in [0.2, 0.25) is 0 Å². The molecule has 1 heterocycles. The number of likely N-dealkylation sites (tertiary alicyclic amines) is 1. The average molecular weight is 433 g/mol. The molecule has 0 aliphatic carbocycles. The Balaban J connectivity index is 0.00000320. The van der Waals surface area contributed by atoms with E-state index in [1.807, 2.05) is 0 Å². The maximum Gasteiger partial charge on any atom is 0.293 e.